The molecule has 1 N–H and O–H groups in total. The van der Waals surface area contributed by atoms with Gasteiger partial charge in [-0.15, -0.1) is 10.2 Å². The number of piperidine rings is 1. The van der Waals surface area contributed by atoms with E-state index in [1.807, 2.05) is 17.0 Å². The molecule has 2 saturated heterocycles. The van der Waals surface area contributed by atoms with E-state index in [0.29, 0.717) is 64.2 Å². The first-order valence-corrected chi connectivity index (χ1v) is 25.9. The summed E-state index contributed by atoms with van der Waals surface area (Å²) in [7, 11) is 1.79. The summed E-state index contributed by atoms with van der Waals surface area (Å²) in [4.78, 5) is 34.9. The Bertz CT molecular complexity index is 2830. The molecular formula is C53H61ClF2N12O3. The standard InChI is InChI=1S/C53H61ClF2N12O3/c1-33(69)65-23-17-47-44(30-65)51(67-20-3-4-34-24-42(36-28-58-63(2)29-36)43(50(55)56)26-48(34)67)62-68(47)39-13-18-53(19-14-39)31-66(32-53)38-15-21-64(22-16-38)49-12-11-46(60-61-49)52(70)59-37-6-9-40(10-7-37)71-41-8-5-35(27-57)45(54)25-41/h5,8,11-12,24-26,28-29,37-40,50H,3-4,6-7,9-10,13-23,30-32H2,1-2H3,(H,59,70). The molecule has 2 saturated carbocycles. The number of alkyl halides is 2. The van der Waals surface area contributed by atoms with Crippen LogP contribution in [0.1, 0.15) is 128 Å². The van der Waals surface area contributed by atoms with E-state index >= 15 is 0 Å². The lowest BCUT2D eigenvalue weighted by molar-refractivity contribution is -0.129. The van der Waals surface area contributed by atoms with Crippen LogP contribution in [0.25, 0.3) is 11.1 Å². The zero-order chi connectivity index (χ0) is 49.0. The van der Waals surface area contributed by atoms with Crippen molar-refractivity contribution in [3.8, 4) is 22.9 Å². The predicted octanol–water partition coefficient (Wildman–Crippen LogP) is 8.73. The second-order valence-corrected chi connectivity index (χ2v) is 21.3. The average molecular weight is 988 g/mol. The average Bonchev–Trinajstić information content (AvgIpc) is 3.99. The highest BCUT2D eigenvalue weighted by atomic mass is 35.5. The van der Waals surface area contributed by atoms with Crippen LogP contribution >= 0.6 is 11.6 Å². The van der Waals surface area contributed by atoms with Crippen molar-refractivity contribution in [1.82, 2.24) is 44.9 Å². The summed E-state index contributed by atoms with van der Waals surface area (Å²) in [6, 6.07) is 15.3. The Labute approximate surface area is 418 Å². The Morgan fingerprint density at radius 1 is 0.930 bits per heavy atom. The van der Waals surface area contributed by atoms with Crippen LogP contribution in [0.15, 0.2) is 54.9 Å². The number of benzene rings is 2. The Morgan fingerprint density at radius 3 is 2.39 bits per heavy atom. The molecule has 2 aliphatic carbocycles. The minimum Gasteiger partial charge on any atom is -0.490 e. The highest BCUT2D eigenvalue weighted by Gasteiger charge is 2.48. The molecule has 4 fully saturated rings. The molecule has 2 amide bonds. The van der Waals surface area contributed by atoms with Crippen molar-refractivity contribution in [2.24, 2.45) is 12.5 Å². The summed E-state index contributed by atoms with van der Waals surface area (Å²) in [6.07, 6.45) is 12.8. The predicted molar refractivity (Wildman–Crippen MR) is 265 cm³/mol. The van der Waals surface area contributed by atoms with Crippen LogP contribution in [0.3, 0.4) is 0 Å². The Balaban J connectivity index is 0.677. The lowest BCUT2D eigenvalue weighted by Crippen LogP contribution is -2.62. The summed E-state index contributed by atoms with van der Waals surface area (Å²) >= 11 is 6.18. The molecule has 4 aliphatic heterocycles. The molecule has 0 bridgehead atoms. The number of carbonyl (C=O) groups is 2. The van der Waals surface area contributed by atoms with E-state index in [0.717, 1.165) is 138 Å². The summed E-state index contributed by atoms with van der Waals surface area (Å²) in [5.74, 6) is 2.07. The van der Waals surface area contributed by atoms with Gasteiger partial charge >= 0.3 is 0 Å². The quantitative estimate of drug-likeness (QED) is 0.143. The highest BCUT2D eigenvalue weighted by molar-refractivity contribution is 6.31. The summed E-state index contributed by atoms with van der Waals surface area (Å²) in [6.45, 7) is 7.42. The van der Waals surface area contributed by atoms with Gasteiger partial charge in [-0.3, -0.25) is 23.9 Å². The molecule has 372 valence electrons. The van der Waals surface area contributed by atoms with Crippen molar-refractivity contribution in [1.29, 1.82) is 5.26 Å². The van der Waals surface area contributed by atoms with Crippen molar-refractivity contribution in [2.75, 3.05) is 49.1 Å². The number of likely N-dealkylation sites (tertiary alicyclic amines) is 1. The molecule has 18 heteroatoms. The smallest absolute Gasteiger partial charge is 0.272 e. The minimum atomic E-state index is -2.65. The van der Waals surface area contributed by atoms with Crippen molar-refractivity contribution in [2.45, 2.75) is 128 Å². The van der Waals surface area contributed by atoms with Crippen molar-refractivity contribution in [3.05, 3.63) is 93.5 Å². The number of carbonyl (C=O) groups excluding carboxylic acids is 2. The van der Waals surface area contributed by atoms with Gasteiger partial charge in [-0.05, 0) is 130 Å². The summed E-state index contributed by atoms with van der Waals surface area (Å²) in [5.41, 5.74) is 6.29. The number of hydrogen-bond acceptors (Lipinski definition) is 11. The molecule has 5 aromatic rings. The normalized spacial score (nSPS) is 21.7. The Kier molecular flexibility index (Phi) is 13.0. The van der Waals surface area contributed by atoms with E-state index in [-0.39, 0.29) is 35.6 Å². The number of amides is 2. The molecule has 0 radical (unpaired) electrons. The molecule has 11 rings (SSSR count). The SMILES string of the molecule is CC(=O)N1CCc2c(c(N3CCCc4cc(-c5cnn(C)c5)c(C(F)F)cc43)nn2C2CCC3(CC2)CN(C2CCN(c4ccc(C(=O)NC5CCC(Oc6ccc(C#N)c(Cl)c6)CC5)nn4)CC2)C3)C1. The van der Waals surface area contributed by atoms with Crippen LogP contribution in [0.2, 0.25) is 5.02 Å². The number of nitrogens with one attached hydrogen (secondary N) is 1. The number of anilines is 3. The van der Waals surface area contributed by atoms with Gasteiger partial charge in [0.25, 0.3) is 12.3 Å². The van der Waals surface area contributed by atoms with E-state index in [9.17, 15) is 18.4 Å². The van der Waals surface area contributed by atoms with Crippen molar-refractivity contribution >= 4 is 40.7 Å². The highest BCUT2D eigenvalue weighted by Crippen LogP contribution is 2.50. The topological polar surface area (TPSA) is 154 Å². The van der Waals surface area contributed by atoms with Crippen LogP contribution in [-0.2, 0) is 31.2 Å². The van der Waals surface area contributed by atoms with Crippen LogP contribution in [0.4, 0.5) is 26.1 Å². The van der Waals surface area contributed by atoms with E-state index < -0.39 is 6.43 Å². The first-order chi connectivity index (χ1) is 34.4. The number of rotatable bonds is 10. The van der Waals surface area contributed by atoms with Gasteiger partial charge in [0, 0.05) is 112 Å². The number of nitriles is 1. The Hall–Kier alpha value is -6.12. The van der Waals surface area contributed by atoms with Gasteiger partial charge in [0.2, 0.25) is 5.91 Å². The van der Waals surface area contributed by atoms with Crippen molar-refractivity contribution in [3.63, 3.8) is 0 Å². The first kappa shape index (κ1) is 47.2. The molecule has 3 aromatic heterocycles. The maximum Gasteiger partial charge on any atom is 0.272 e. The van der Waals surface area contributed by atoms with Crippen LogP contribution in [0, 0.1) is 16.7 Å². The number of fused-ring (bicyclic) bond motifs is 2. The summed E-state index contributed by atoms with van der Waals surface area (Å²) in [5, 5.41) is 31.2. The van der Waals surface area contributed by atoms with Crippen molar-refractivity contribution < 1.29 is 23.1 Å². The molecule has 0 unspecified atom stereocenters. The van der Waals surface area contributed by atoms with Crippen LogP contribution in [-0.4, -0.2) is 109 Å². The number of nitrogens with zero attached hydrogens (tertiary/aromatic N) is 11. The van der Waals surface area contributed by atoms with Gasteiger partial charge in [-0.1, -0.05) is 11.6 Å². The molecule has 71 heavy (non-hydrogen) atoms. The largest absolute Gasteiger partial charge is 0.490 e. The molecule has 1 spiro atoms. The number of aryl methyl sites for hydroxylation is 2. The van der Waals surface area contributed by atoms with E-state index in [1.165, 1.54) is 5.69 Å². The lowest BCUT2D eigenvalue weighted by Gasteiger charge is -2.57. The molecule has 0 atom stereocenters. The third-order valence-corrected chi connectivity index (χ3v) is 16.7. The molecule has 2 aromatic carbocycles. The molecule has 7 heterocycles. The van der Waals surface area contributed by atoms with E-state index in [2.05, 4.69) is 46.1 Å². The maximum atomic E-state index is 14.8. The second kappa shape index (κ2) is 19.5. The van der Waals surface area contributed by atoms with E-state index in [4.69, 9.17) is 26.7 Å². The molecule has 15 nitrogen and oxygen atoms in total. The monoisotopic (exact) mass is 986 g/mol. The summed E-state index contributed by atoms with van der Waals surface area (Å²) < 4.78 is 39.6. The fourth-order valence-electron chi connectivity index (χ4n) is 12.4. The van der Waals surface area contributed by atoms with Gasteiger partial charge in [0.05, 0.1) is 35.5 Å². The second-order valence-electron chi connectivity index (χ2n) is 20.9. The number of hydrogen-bond donors (Lipinski definition) is 1. The molecular weight excluding hydrogens is 926 g/mol. The number of halogens is 3. The van der Waals surface area contributed by atoms with Crippen LogP contribution in [0.5, 0.6) is 5.75 Å². The van der Waals surface area contributed by atoms with Gasteiger partial charge < -0.3 is 24.8 Å². The zero-order valence-corrected chi connectivity index (χ0v) is 41.3. The fourth-order valence-corrected chi connectivity index (χ4v) is 12.6. The zero-order valence-electron chi connectivity index (χ0n) is 40.5. The van der Waals surface area contributed by atoms with Crippen LogP contribution < -0.4 is 19.9 Å². The number of aromatic nitrogens is 6. The van der Waals surface area contributed by atoms with Gasteiger partial charge in [-0.25, -0.2) is 8.78 Å². The minimum absolute atomic E-state index is 0.00482. The number of ether oxygens (including phenoxy) is 1. The third-order valence-electron chi connectivity index (χ3n) is 16.4. The molecule has 6 aliphatic rings. The van der Waals surface area contributed by atoms with Gasteiger partial charge in [-0.2, -0.15) is 15.5 Å². The van der Waals surface area contributed by atoms with Gasteiger partial charge in [0.1, 0.15) is 11.8 Å². The lowest BCUT2D eigenvalue weighted by atomic mass is 9.66. The fraction of sp³-hybridized carbons (Fsp3) is 0.528. The maximum absolute atomic E-state index is 14.8. The third kappa shape index (κ3) is 9.45. The van der Waals surface area contributed by atoms with E-state index in [1.54, 1.807) is 61.4 Å². The Morgan fingerprint density at radius 2 is 1.72 bits per heavy atom. The van der Waals surface area contributed by atoms with Gasteiger partial charge in [0.15, 0.2) is 17.3 Å². The first-order valence-electron chi connectivity index (χ1n) is 25.5.